The van der Waals surface area contributed by atoms with Crippen molar-refractivity contribution in [1.82, 2.24) is 0 Å². The molecule has 0 atom stereocenters. The van der Waals surface area contributed by atoms with Gasteiger partial charge in [0.2, 0.25) is 0 Å². The van der Waals surface area contributed by atoms with Gasteiger partial charge in [-0.1, -0.05) is 18.2 Å². The van der Waals surface area contributed by atoms with Gasteiger partial charge in [0, 0.05) is 39.2 Å². The third-order valence-electron chi connectivity index (χ3n) is 4.80. The van der Waals surface area contributed by atoms with Gasteiger partial charge in [0.1, 0.15) is 4.90 Å². The Morgan fingerprint density at radius 3 is 1.67 bits per heavy atom. The third kappa shape index (κ3) is 7.48. The summed E-state index contributed by atoms with van der Waals surface area (Å²) in [6.07, 6.45) is 0. The number of hydrogen-bond donors (Lipinski definition) is 7. The van der Waals surface area contributed by atoms with Crippen LogP contribution in [0.1, 0.15) is 5.56 Å². The van der Waals surface area contributed by atoms with Crippen LogP contribution in [0, 0.1) is 6.92 Å². The molecule has 0 fully saturated rings. The van der Waals surface area contributed by atoms with E-state index in [9.17, 15) is 16.8 Å². The quantitative estimate of drug-likeness (QED) is 0.146. The maximum atomic E-state index is 11.2. The van der Waals surface area contributed by atoms with Crippen LogP contribution < -0.4 is 28.7 Å². The van der Waals surface area contributed by atoms with Gasteiger partial charge in [0.15, 0.2) is 0 Å². The van der Waals surface area contributed by atoms with Crippen LogP contribution in [0.15, 0.2) is 82.6 Å². The van der Waals surface area contributed by atoms with Crippen molar-refractivity contribution in [3.63, 3.8) is 0 Å². The van der Waals surface area contributed by atoms with Crippen molar-refractivity contribution < 1.29 is 25.9 Å². The van der Waals surface area contributed by atoms with E-state index in [4.69, 9.17) is 37.8 Å². The van der Waals surface area contributed by atoms with Crippen LogP contribution in [0.5, 0.6) is 0 Å². The molecule has 0 aliphatic rings. The number of hydrogen-bond acceptors (Lipinski definition) is 9. The second-order valence-corrected chi connectivity index (χ2v) is 10.4. The summed E-state index contributed by atoms with van der Waals surface area (Å²) in [5, 5.41) is 0.764. The van der Waals surface area contributed by atoms with E-state index in [0.29, 0.717) is 16.8 Å². The third-order valence-corrected chi connectivity index (χ3v) is 6.54. The van der Waals surface area contributed by atoms with Crippen molar-refractivity contribution in [3.05, 3.63) is 78.4 Å². The molecule has 0 saturated heterocycles. The molecule has 4 rings (SSSR count). The molecule has 0 aliphatic heterocycles. The van der Waals surface area contributed by atoms with Crippen LogP contribution in [-0.2, 0) is 20.2 Å². The molecule has 0 amide bonds. The van der Waals surface area contributed by atoms with E-state index in [1.807, 2.05) is 19.1 Å². The van der Waals surface area contributed by atoms with E-state index in [1.165, 1.54) is 42.5 Å². The fourth-order valence-electron chi connectivity index (χ4n) is 3.01. The van der Waals surface area contributed by atoms with Gasteiger partial charge in [-0.15, -0.1) is 0 Å². The van der Waals surface area contributed by atoms with Crippen molar-refractivity contribution in [2.75, 3.05) is 28.7 Å². The highest BCUT2D eigenvalue weighted by atomic mass is 32.2. The molecule has 11 nitrogen and oxygen atoms in total. The number of fused-ring (bicyclic) bond motifs is 1. The summed E-state index contributed by atoms with van der Waals surface area (Å²) in [7, 11) is -8.41. The Hall–Kier alpha value is -4.04. The normalized spacial score (nSPS) is 11.1. The zero-order valence-corrected chi connectivity index (χ0v) is 20.8. The van der Waals surface area contributed by atoms with Gasteiger partial charge in [0.25, 0.3) is 20.2 Å². The van der Waals surface area contributed by atoms with Gasteiger partial charge in [0.05, 0.1) is 4.90 Å². The van der Waals surface area contributed by atoms with Crippen LogP contribution in [0.4, 0.5) is 28.4 Å². The molecule has 13 heteroatoms. The Kier molecular flexibility index (Phi) is 8.72. The second-order valence-electron chi connectivity index (χ2n) is 7.56. The molecule has 0 radical (unpaired) electrons. The summed E-state index contributed by atoms with van der Waals surface area (Å²) in [6, 6.07) is 18.4. The molecule has 36 heavy (non-hydrogen) atoms. The summed E-state index contributed by atoms with van der Waals surface area (Å²) in [4.78, 5) is -0.410. The number of nitrogens with two attached hydrogens (primary N) is 5. The molecule has 192 valence electrons. The van der Waals surface area contributed by atoms with E-state index in [2.05, 4.69) is 0 Å². The molecule has 0 aromatic heterocycles. The van der Waals surface area contributed by atoms with Crippen molar-refractivity contribution in [1.29, 1.82) is 0 Å². The molecular formula is C23H27N5O6S2. The second kappa shape index (κ2) is 11.1. The Morgan fingerprint density at radius 2 is 1.17 bits per heavy atom. The summed E-state index contributed by atoms with van der Waals surface area (Å²) < 4.78 is 60.9. The smallest absolute Gasteiger partial charge is 0.295 e. The molecule has 0 unspecified atom stereocenters. The lowest BCUT2D eigenvalue weighted by atomic mass is 10.1. The van der Waals surface area contributed by atoms with Gasteiger partial charge >= 0.3 is 0 Å². The molecule has 0 aliphatic carbocycles. The highest BCUT2D eigenvalue weighted by Crippen LogP contribution is 2.31. The number of aryl methyl sites for hydroxylation is 1. The molecule has 4 aromatic carbocycles. The fourth-order valence-corrected chi connectivity index (χ4v) is 4.28. The average Bonchev–Trinajstić information content (AvgIpc) is 2.78. The Balaban J connectivity index is 0.000000200. The SMILES string of the molecule is Cc1cc(N)ccc1N.Nc1ccc(N)c2c(S(=O)(=O)O)cccc12.Nc1cccc(S(=O)(=O)O)c1. The molecule has 12 N–H and O–H groups in total. The van der Waals surface area contributed by atoms with Crippen LogP contribution in [-0.4, -0.2) is 25.9 Å². The van der Waals surface area contributed by atoms with Gasteiger partial charge in [-0.3, -0.25) is 9.11 Å². The van der Waals surface area contributed by atoms with Crippen LogP contribution in [0.3, 0.4) is 0 Å². The Bertz CT molecular complexity index is 1610. The standard InChI is InChI=1S/C10H10N2O3S.C7H10N2.C6H7NO3S/c11-7-4-5-8(12)10-6(7)2-1-3-9(10)16(13,14)15;1-5-4-6(8)2-3-7(5)9;7-5-2-1-3-6(4-5)11(8,9)10/h1-5H,11-12H2,(H,13,14,15);2-4H,8-9H2,1H3;1-4H,7H2,(H,8,9,10). The first-order chi connectivity index (χ1) is 16.6. The minimum absolute atomic E-state index is 0.183. The lowest BCUT2D eigenvalue weighted by molar-refractivity contribution is 0.481. The van der Waals surface area contributed by atoms with Gasteiger partial charge in [-0.05, 0) is 67.1 Å². The highest BCUT2D eigenvalue weighted by Gasteiger charge is 2.16. The van der Waals surface area contributed by atoms with Crippen LogP contribution >= 0.6 is 0 Å². The lowest BCUT2D eigenvalue weighted by Gasteiger charge is -2.08. The predicted molar refractivity (Wildman–Crippen MR) is 143 cm³/mol. The molecule has 0 bridgehead atoms. The van der Waals surface area contributed by atoms with E-state index < -0.39 is 20.2 Å². The molecule has 0 spiro atoms. The summed E-state index contributed by atoms with van der Waals surface area (Å²) in [6.45, 7) is 1.94. The van der Waals surface area contributed by atoms with Gasteiger partial charge < -0.3 is 28.7 Å². The van der Waals surface area contributed by atoms with E-state index >= 15 is 0 Å². The molecule has 0 heterocycles. The first-order valence-electron chi connectivity index (χ1n) is 10.1. The average molecular weight is 534 g/mol. The van der Waals surface area contributed by atoms with Crippen molar-refractivity contribution in [3.8, 4) is 0 Å². The fraction of sp³-hybridized carbons (Fsp3) is 0.0435. The van der Waals surface area contributed by atoms with E-state index in [1.54, 1.807) is 18.2 Å². The Labute approximate surface area is 209 Å². The maximum absolute atomic E-state index is 11.2. The van der Waals surface area contributed by atoms with Crippen LogP contribution in [0.2, 0.25) is 0 Å². The number of anilines is 5. The summed E-state index contributed by atoms with van der Waals surface area (Å²) >= 11 is 0. The molecular weight excluding hydrogens is 506 g/mol. The van der Waals surface area contributed by atoms with Gasteiger partial charge in [-0.2, -0.15) is 16.8 Å². The van der Waals surface area contributed by atoms with Crippen LogP contribution in [0.25, 0.3) is 10.8 Å². The lowest BCUT2D eigenvalue weighted by Crippen LogP contribution is -2.02. The van der Waals surface area contributed by atoms with Crippen molar-refractivity contribution in [2.45, 2.75) is 16.7 Å². The van der Waals surface area contributed by atoms with E-state index in [0.717, 1.165) is 16.9 Å². The monoisotopic (exact) mass is 533 g/mol. The first-order valence-corrected chi connectivity index (χ1v) is 13.0. The number of rotatable bonds is 2. The number of nitrogen functional groups attached to an aromatic ring is 5. The van der Waals surface area contributed by atoms with Crippen molar-refractivity contribution >= 4 is 59.4 Å². The summed E-state index contributed by atoms with van der Waals surface area (Å²) in [5.74, 6) is 0. The molecule has 4 aromatic rings. The minimum atomic E-state index is -4.30. The maximum Gasteiger partial charge on any atom is 0.295 e. The summed E-state index contributed by atoms with van der Waals surface area (Å²) in [5.41, 5.74) is 31.3. The zero-order chi connectivity index (χ0) is 27.3. The minimum Gasteiger partial charge on any atom is -0.399 e. The first kappa shape index (κ1) is 28.2. The van der Waals surface area contributed by atoms with Gasteiger partial charge in [-0.25, -0.2) is 0 Å². The largest absolute Gasteiger partial charge is 0.399 e. The van der Waals surface area contributed by atoms with E-state index in [-0.39, 0.29) is 20.9 Å². The topological polar surface area (TPSA) is 239 Å². The Morgan fingerprint density at radius 1 is 0.611 bits per heavy atom. The zero-order valence-electron chi connectivity index (χ0n) is 19.2. The predicted octanol–water partition coefficient (Wildman–Crippen LogP) is 2.93. The van der Waals surface area contributed by atoms with Crippen molar-refractivity contribution in [2.24, 2.45) is 0 Å². The number of benzene rings is 4. The molecule has 0 saturated carbocycles. The highest BCUT2D eigenvalue weighted by molar-refractivity contribution is 7.86.